The van der Waals surface area contributed by atoms with Gasteiger partial charge in [-0.05, 0) is 18.2 Å². The molecule has 0 saturated heterocycles. The van der Waals surface area contributed by atoms with E-state index in [0.29, 0.717) is 16.1 Å². The van der Waals surface area contributed by atoms with Crippen molar-refractivity contribution in [1.82, 2.24) is 0 Å². The van der Waals surface area contributed by atoms with Crippen LogP contribution in [-0.4, -0.2) is 21.2 Å². The summed E-state index contributed by atoms with van der Waals surface area (Å²) >= 11 is 5.91. The van der Waals surface area contributed by atoms with Gasteiger partial charge < -0.3 is 4.74 Å². The van der Waals surface area contributed by atoms with Crippen LogP contribution in [0.4, 0.5) is 0 Å². The van der Waals surface area contributed by atoms with Gasteiger partial charge >= 0.3 is 5.97 Å². The maximum absolute atomic E-state index is 11.5. The molecule has 0 heterocycles. The molecule has 0 atom stereocenters. The van der Waals surface area contributed by atoms with Crippen molar-refractivity contribution in [3.8, 4) is 11.5 Å². The topological polar surface area (TPSA) is 26.3 Å². The first-order chi connectivity index (χ1) is 7.83. The van der Waals surface area contributed by atoms with Crippen LogP contribution in [0.15, 0.2) is 18.2 Å². The van der Waals surface area contributed by atoms with E-state index in [4.69, 9.17) is 16.3 Å². The number of ether oxygens (including phenoxy) is 1. The molecule has 0 saturated carbocycles. The lowest BCUT2D eigenvalue weighted by Gasteiger charge is -2.06. The van der Waals surface area contributed by atoms with E-state index in [1.54, 1.807) is 18.2 Å². The van der Waals surface area contributed by atoms with E-state index < -0.39 is 8.07 Å². The normalized spacial score (nSPS) is 10.4. The predicted octanol–water partition coefficient (Wildman–Crippen LogP) is 3.36. The Morgan fingerprint density at radius 1 is 1.35 bits per heavy atom. The zero-order valence-electron chi connectivity index (χ0n) is 10.4. The molecular formula is C13H15ClO2Si. The van der Waals surface area contributed by atoms with E-state index in [2.05, 4.69) is 31.1 Å². The lowest BCUT2D eigenvalue weighted by molar-refractivity contribution is 0.0600. The smallest absolute Gasteiger partial charge is 0.339 e. The van der Waals surface area contributed by atoms with Crippen molar-refractivity contribution in [2.45, 2.75) is 19.6 Å². The quantitative estimate of drug-likeness (QED) is 0.443. The molecule has 1 rings (SSSR count). The van der Waals surface area contributed by atoms with Gasteiger partial charge in [0.15, 0.2) is 0 Å². The lowest BCUT2D eigenvalue weighted by Crippen LogP contribution is -2.16. The zero-order valence-corrected chi connectivity index (χ0v) is 12.2. The summed E-state index contributed by atoms with van der Waals surface area (Å²) in [5.41, 5.74) is 4.30. The molecule has 0 fully saturated rings. The summed E-state index contributed by atoms with van der Waals surface area (Å²) < 4.78 is 4.71. The van der Waals surface area contributed by atoms with Crippen LogP contribution in [-0.2, 0) is 4.74 Å². The number of rotatable bonds is 1. The first-order valence-electron chi connectivity index (χ1n) is 5.24. The monoisotopic (exact) mass is 266 g/mol. The highest BCUT2D eigenvalue weighted by Crippen LogP contribution is 2.16. The third kappa shape index (κ3) is 4.26. The number of methoxy groups -OCH3 is 1. The number of hydrogen-bond donors (Lipinski definition) is 0. The molecule has 0 radical (unpaired) electrons. The fraction of sp³-hybridized carbons (Fsp3) is 0.308. The Morgan fingerprint density at radius 2 is 2.00 bits per heavy atom. The highest BCUT2D eigenvalue weighted by molar-refractivity contribution is 6.83. The summed E-state index contributed by atoms with van der Waals surface area (Å²) in [6, 6.07) is 5.00. The van der Waals surface area contributed by atoms with Crippen molar-refractivity contribution in [3.05, 3.63) is 34.3 Å². The molecule has 0 N–H and O–H groups in total. The Bertz CT molecular complexity index is 492. The van der Waals surface area contributed by atoms with Gasteiger partial charge in [-0.15, -0.1) is 5.54 Å². The van der Waals surface area contributed by atoms with Gasteiger partial charge in [0.1, 0.15) is 8.07 Å². The second-order valence-corrected chi connectivity index (χ2v) is 9.87. The number of esters is 1. The van der Waals surface area contributed by atoms with Crippen LogP contribution >= 0.6 is 11.6 Å². The highest BCUT2D eigenvalue weighted by atomic mass is 35.5. The Kier molecular flexibility index (Phi) is 4.38. The minimum atomic E-state index is -1.48. The van der Waals surface area contributed by atoms with Crippen LogP contribution in [0.5, 0.6) is 0 Å². The zero-order chi connectivity index (χ0) is 13.1. The molecule has 1 aromatic rings. The number of benzene rings is 1. The minimum Gasteiger partial charge on any atom is -0.465 e. The van der Waals surface area contributed by atoms with Crippen molar-refractivity contribution in [2.75, 3.05) is 7.11 Å². The van der Waals surface area contributed by atoms with Gasteiger partial charge in [0.2, 0.25) is 0 Å². The van der Waals surface area contributed by atoms with Gasteiger partial charge in [-0.1, -0.05) is 37.2 Å². The van der Waals surface area contributed by atoms with Gasteiger partial charge in [-0.2, -0.15) is 0 Å². The van der Waals surface area contributed by atoms with Gasteiger partial charge in [0.25, 0.3) is 0 Å². The molecular weight excluding hydrogens is 252 g/mol. The largest absolute Gasteiger partial charge is 0.465 e. The number of carbonyl (C=O) groups is 1. The molecule has 17 heavy (non-hydrogen) atoms. The van der Waals surface area contributed by atoms with Crippen molar-refractivity contribution in [1.29, 1.82) is 0 Å². The number of halogens is 1. The molecule has 0 aliphatic carbocycles. The van der Waals surface area contributed by atoms with Crippen molar-refractivity contribution in [2.24, 2.45) is 0 Å². The number of carbonyl (C=O) groups excluding carboxylic acids is 1. The van der Waals surface area contributed by atoms with E-state index in [-0.39, 0.29) is 5.97 Å². The third-order valence-corrected chi connectivity index (χ3v) is 3.07. The van der Waals surface area contributed by atoms with Gasteiger partial charge in [-0.3, -0.25) is 0 Å². The van der Waals surface area contributed by atoms with Crippen LogP contribution in [0.1, 0.15) is 15.9 Å². The molecule has 90 valence electrons. The maximum Gasteiger partial charge on any atom is 0.339 e. The molecule has 1 aromatic carbocycles. The summed E-state index contributed by atoms with van der Waals surface area (Å²) in [5.74, 6) is 2.65. The maximum atomic E-state index is 11.5. The SMILES string of the molecule is COC(=O)c1ccc(Cl)cc1C#C[Si](C)(C)C. The Hall–Kier alpha value is -1.24. The average Bonchev–Trinajstić information content (AvgIpc) is 2.24. The molecule has 0 aliphatic rings. The Morgan fingerprint density at radius 3 is 2.53 bits per heavy atom. The Labute approximate surface area is 108 Å². The van der Waals surface area contributed by atoms with Gasteiger partial charge in [0, 0.05) is 10.6 Å². The first-order valence-corrected chi connectivity index (χ1v) is 9.12. The fourth-order valence-electron chi connectivity index (χ4n) is 1.16. The van der Waals surface area contributed by atoms with Crippen molar-refractivity contribution >= 4 is 25.6 Å². The summed E-state index contributed by atoms with van der Waals surface area (Å²) in [5, 5.41) is 0.567. The summed E-state index contributed by atoms with van der Waals surface area (Å²) in [6.07, 6.45) is 0. The van der Waals surface area contributed by atoms with Crippen LogP contribution < -0.4 is 0 Å². The third-order valence-electron chi connectivity index (χ3n) is 1.96. The van der Waals surface area contributed by atoms with Crippen molar-refractivity contribution < 1.29 is 9.53 Å². The van der Waals surface area contributed by atoms with Crippen LogP contribution in [0.3, 0.4) is 0 Å². The van der Waals surface area contributed by atoms with E-state index in [9.17, 15) is 4.79 Å². The van der Waals surface area contributed by atoms with Crippen LogP contribution in [0.25, 0.3) is 0 Å². The predicted molar refractivity (Wildman–Crippen MR) is 73.0 cm³/mol. The summed E-state index contributed by atoms with van der Waals surface area (Å²) in [7, 11) is -0.128. The lowest BCUT2D eigenvalue weighted by atomic mass is 10.1. The molecule has 0 unspecified atom stereocenters. The summed E-state index contributed by atoms with van der Waals surface area (Å²) in [4.78, 5) is 11.5. The Balaban J connectivity index is 3.24. The highest BCUT2D eigenvalue weighted by Gasteiger charge is 2.12. The van der Waals surface area contributed by atoms with E-state index in [1.165, 1.54) is 7.11 Å². The van der Waals surface area contributed by atoms with Gasteiger partial charge in [-0.25, -0.2) is 4.79 Å². The van der Waals surface area contributed by atoms with E-state index in [1.807, 2.05) is 0 Å². The number of hydrogen-bond acceptors (Lipinski definition) is 2. The molecule has 0 aromatic heterocycles. The second kappa shape index (κ2) is 5.39. The van der Waals surface area contributed by atoms with E-state index >= 15 is 0 Å². The van der Waals surface area contributed by atoms with Crippen molar-refractivity contribution in [3.63, 3.8) is 0 Å². The minimum absolute atomic E-state index is 0.387. The van der Waals surface area contributed by atoms with E-state index in [0.717, 1.165) is 0 Å². The molecule has 0 aliphatic heterocycles. The summed E-state index contributed by atoms with van der Waals surface area (Å²) in [6.45, 7) is 6.42. The molecule has 0 bridgehead atoms. The van der Waals surface area contributed by atoms with Gasteiger partial charge in [0.05, 0.1) is 12.7 Å². The molecule has 2 nitrogen and oxygen atoms in total. The fourth-order valence-corrected chi connectivity index (χ4v) is 1.84. The molecule has 4 heteroatoms. The standard InChI is InChI=1S/C13H15ClO2Si/c1-16-13(15)12-6-5-11(14)9-10(12)7-8-17(2,3)4/h5-6,9H,1-4H3. The first kappa shape index (κ1) is 13.8. The van der Waals surface area contributed by atoms with Crippen LogP contribution in [0.2, 0.25) is 24.7 Å². The van der Waals surface area contributed by atoms with Crippen LogP contribution in [0, 0.1) is 11.5 Å². The second-order valence-electron chi connectivity index (χ2n) is 4.68. The molecule has 0 amide bonds. The average molecular weight is 267 g/mol. The molecule has 0 spiro atoms.